The Morgan fingerprint density at radius 3 is 2.47 bits per heavy atom. The molecule has 1 amide bonds. The highest BCUT2D eigenvalue weighted by Crippen LogP contribution is 2.32. The first-order chi connectivity index (χ1) is 21.8. The first-order valence-electron chi connectivity index (χ1n) is 14.0. The smallest absolute Gasteiger partial charge is 0.271 e. The van der Waals surface area contributed by atoms with Crippen LogP contribution in [0.5, 0.6) is 11.5 Å². The summed E-state index contributed by atoms with van der Waals surface area (Å²) < 4.78 is 13.5. The highest BCUT2D eigenvalue weighted by atomic mass is 35.5. The molecular weight excluding hydrogens is 629 g/mol. The number of anilines is 1. The number of hydrogen-bond acceptors (Lipinski definition) is 6. The molecule has 0 fully saturated rings. The van der Waals surface area contributed by atoms with Crippen LogP contribution in [-0.2, 0) is 11.4 Å². The van der Waals surface area contributed by atoms with Gasteiger partial charge in [0.25, 0.3) is 11.5 Å². The fourth-order valence-corrected chi connectivity index (χ4v) is 6.56. The molecule has 0 unspecified atom stereocenters. The van der Waals surface area contributed by atoms with Crippen molar-refractivity contribution in [1.29, 1.82) is 0 Å². The van der Waals surface area contributed by atoms with Crippen LogP contribution in [0.25, 0.3) is 6.08 Å². The zero-order chi connectivity index (χ0) is 31.5. The molecule has 1 aliphatic heterocycles. The molecule has 1 atom stereocenters. The quantitative estimate of drug-likeness (QED) is 0.200. The minimum absolute atomic E-state index is 0.279. The maximum absolute atomic E-state index is 14.2. The monoisotopic (exact) mass is 655 g/mol. The van der Waals surface area contributed by atoms with Crippen LogP contribution in [0.4, 0.5) is 5.69 Å². The van der Waals surface area contributed by atoms with Gasteiger partial charge < -0.3 is 14.8 Å². The van der Waals surface area contributed by atoms with Crippen molar-refractivity contribution in [2.24, 2.45) is 4.99 Å². The summed E-state index contributed by atoms with van der Waals surface area (Å²) in [4.78, 5) is 33.2. The zero-order valence-electron chi connectivity index (χ0n) is 24.3. The number of nitrogens with zero attached hydrogens (tertiary/aromatic N) is 2. The standard InChI is InChI=1S/C35H27Cl2N3O4S/c1-21-31(33(41)39-27-9-4-3-5-10-27)32(23-11-14-28(43-2)15-12-23)40-34(42)30(45-35(40)38-21)19-24-18-26(37)13-16-29(24)44-20-22-7-6-8-25(36)17-22/h3-19,32H,20H2,1-2H3,(H,39,41)/b30-19+/t32-/m0/s1. The van der Waals surface area contributed by atoms with Crippen LogP contribution in [0.1, 0.15) is 29.7 Å². The van der Waals surface area contributed by atoms with Crippen molar-refractivity contribution in [2.75, 3.05) is 12.4 Å². The summed E-state index contributed by atoms with van der Waals surface area (Å²) in [6, 6.07) is 28.5. The molecule has 0 spiro atoms. The van der Waals surface area contributed by atoms with Crippen molar-refractivity contribution in [3.8, 4) is 11.5 Å². The van der Waals surface area contributed by atoms with E-state index in [1.54, 1.807) is 48.9 Å². The summed E-state index contributed by atoms with van der Waals surface area (Å²) in [5, 5.41) is 4.08. The Bertz CT molecular complexity index is 2110. The molecule has 4 aromatic carbocycles. The van der Waals surface area contributed by atoms with Crippen LogP contribution in [0.3, 0.4) is 0 Å². The van der Waals surface area contributed by atoms with E-state index in [-0.39, 0.29) is 18.1 Å². The van der Waals surface area contributed by atoms with E-state index in [2.05, 4.69) is 5.32 Å². The first kappa shape index (κ1) is 30.4. The molecule has 0 bridgehead atoms. The van der Waals surface area contributed by atoms with E-state index in [9.17, 15) is 9.59 Å². The molecule has 1 N–H and O–H groups in total. The number of benzene rings is 4. The second kappa shape index (κ2) is 13.2. The Balaban J connectivity index is 1.44. The van der Waals surface area contributed by atoms with Crippen LogP contribution >= 0.6 is 34.5 Å². The van der Waals surface area contributed by atoms with Gasteiger partial charge >= 0.3 is 0 Å². The molecule has 45 heavy (non-hydrogen) atoms. The number of thiazole rings is 1. The molecule has 6 rings (SSSR count). The number of carbonyl (C=O) groups is 1. The van der Waals surface area contributed by atoms with Crippen LogP contribution in [-0.4, -0.2) is 17.6 Å². The topological polar surface area (TPSA) is 81.9 Å². The number of carbonyl (C=O) groups excluding carboxylic acids is 1. The average Bonchev–Trinajstić information content (AvgIpc) is 3.34. The van der Waals surface area contributed by atoms with E-state index in [1.165, 1.54) is 11.3 Å². The third-order valence-corrected chi connectivity index (χ3v) is 8.72. The summed E-state index contributed by atoms with van der Waals surface area (Å²) in [7, 11) is 1.59. The number of fused-ring (bicyclic) bond motifs is 1. The average molecular weight is 657 g/mol. The predicted octanol–water partition coefficient (Wildman–Crippen LogP) is 6.77. The molecule has 0 aliphatic carbocycles. The molecule has 1 aliphatic rings. The van der Waals surface area contributed by atoms with Crippen LogP contribution in [0, 0.1) is 0 Å². The Hall–Kier alpha value is -4.63. The number of halogens is 2. The van der Waals surface area contributed by atoms with Gasteiger partial charge in [-0.2, -0.15) is 0 Å². The fourth-order valence-electron chi connectivity index (χ4n) is 5.13. The summed E-state index contributed by atoms with van der Waals surface area (Å²) >= 11 is 13.8. The van der Waals surface area contributed by atoms with Crippen molar-refractivity contribution in [2.45, 2.75) is 19.6 Å². The number of aromatic nitrogens is 1. The zero-order valence-corrected chi connectivity index (χ0v) is 26.6. The number of methoxy groups -OCH3 is 1. The van der Waals surface area contributed by atoms with E-state index >= 15 is 0 Å². The summed E-state index contributed by atoms with van der Waals surface area (Å²) in [6.45, 7) is 2.06. The second-order valence-electron chi connectivity index (χ2n) is 10.3. The van der Waals surface area contributed by atoms with E-state index in [0.29, 0.717) is 53.4 Å². The number of hydrogen-bond donors (Lipinski definition) is 1. The molecule has 5 aromatic rings. The van der Waals surface area contributed by atoms with E-state index in [1.807, 2.05) is 72.8 Å². The van der Waals surface area contributed by atoms with Crippen molar-refractivity contribution in [3.63, 3.8) is 0 Å². The Morgan fingerprint density at radius 1 is 0.978 bits per heavy atom. The van der Waals surface area contributed by atoms with Crippen molar-refractivity contribution < 1.29 is 14.3 Å². The van der Waals surface area contributed by atoms with Crippen molar-refractivity contribution in [1.82, 2.24) is 4.57 Å². The lowest BCUT2D eigenvalue weighted by molar-refractivity contribution is -0.113. The number of amides is 1. The number of ether oxygens (including phenoxy) is 2. The fraction of sp³-hybridized carbons (Fsp3) is 0.114. The highest BCUT2D eigenvalue weighted by Gasteiger charge is 2.32. The number of rotatable bonds is 8. The van der Waals surface area contributed by atoms with E-state index < -0.39 is 6.04 Å². The van der Waals surface area contributed by atoms with Gasteiger partial charge in [-0.05, 0) is 78.7 Å². The molecule has 226 valence electrons. The number of allylic oxidation sites excluding steroid dienone is 1. The largest absolute Gasteiger partial charge is 0.497 e. The van der Waals surface area contributed by atoms with Crippen LogP contribution in [0.2, 0.25) is 10.0 Å². The molecule has 7 nitrogen and oxygen atoms in total. The van der Waals surface area contributed by atoms with E-state index in [4.69, 9.17) is 37.7 Å². The third-order valence-electron chi connectivity index (χ3n) is 7.27. The van der Waals surface area contributed by atoms with Gasteiger partial charge in [-0.15, -0.1) is 0 Å². The minimum atomic E-state index is -0.726. The number of nitrogens with one attached hydrogen (secondary N) is 1. The van der Waals surface area contributed by atoms with Gasteiger partial charge in [-0.25, -0.2) is 4.99 Å². The third kappa shape index (κ3) is 6.59. The minimum Gasteiger partial charge on any atom is -0.497 e. The molecule has 1 aromatic heterocycles. The van der Waals surface area contributed by atoms with Gasteiger partial charge in [-0.3, -0.25) is 14.2 Å². The van der Waals surface area contributed by atoms with Gasteiger partial charge in [0, 0.05) is 21.3 Å². The lowest BCUT2D eigenvalue weighted by Crippen LogP contribution is -2.40. The molecular formula is C35H27Cl2N3O4S. The highest BCUT2D eigenvalue weighted by molar-refractivity contribution is 7.07. The maximum atomic E-state index is 14.2. The maximum Gasteiger partial charge on any atom is 0.271 e. The van der Waals surface area contributed by atoms with Crippen LogP contribution in [0.15, 0.2) is 118 Å². The second-order valence-corrected chi connectivity index (χ2v) is 12.2. The van der Waals surface area contributed by atoms with Gasteiger partial charge in [0.05, 0.1) is 29.0 Å². The van der Waals surface area contributed by atoms with Crippen LogP contribution < -0.4 is 29.7 Å². The van der Waals surface area contributed by atoms with Gasteiger partial charge in [0.1, 0.15) is 18.1 Å². The lowest BCUT2D eigenvalue weighted by atomic mass is 9.95. The Kier molecular flexibility index (Phi) is 8.89. The number of para-hydroxylation sites is 1. The summed E-state index contributed by atoms with van der Waals surface area (Å²) in [6.07, 6.45) is 1.75. The molecule has 2 heterocycles. The van der Waals surface area contributed by atoms with Gasteiger partial charge in [-0.1, -0.05) is 77.0 Å². The predicted molar refractivity (Wildman–Crippen MR) is 179 cm³/mol. The SMILES string of the molecule is COc1ccc([C@H]2C(C(=O)Nc3ccccc3)=C(C)N=c3s/c(=C/c4cc(Cl)ccc4OCc4cccc(Cl)c4)c(=O)n32)cc1. The lowest BCUT2D eigenvalue weighted by Gasteiger charge is -2.25. The van der Waals surface area contributed by atoms with Gasteiger partial charge in [0.2, 0.25) is 0 Å². The van der Waals surface area contributed by atoms with Crippen molar-refractivity contribution >= 4 is 52.2 Å². The molecule has 0 radical (unpaired) electrons. The normalized spacial score (nSPS) is 14.5. The molecule has 0 saturated carbocycles. The molecule has 0 saturated heterocycles. The Labute approximate surface area is 273 Å². The summed E-state index contributed by atoms with van der Waals surface area (Å²) in [5.41, 5.74) is 3.51. The van der Waals surface area contributed by atoms with Gasteiger partial charge in [0.15, 0.2) is 4.80 Å². The Morgan fingerprint density at radius 2 is 1.73 bits per heavy atom. The van der Waals surface area contributed by atoms with Crippen molar-refractivity contribution in [3.05, 3.63) is 155 Å². The first-order valence-corrected chi connectivity index (χ1v) is 15.6. The van der Waals surface area contributed by atoms with E-state index in [0.717, 1.165) is 11.1 Å². The molecule has 10 heteroatoms. The summed E-state index contributed by atoms with van der Waals surface area (Å²) in [5.74, 6) is 0.869.